The Hall–Kier alpha value is -4.70. The number of hydrogen-bond acceptors (Lipinski definition) is 6. The largest absolute Gasteiger partial charge is 0.484 e. The van der Waals surface area contributed by atoms with E-state index in [1.807, 2.05) is 56.3 Å². The molecule has 5 amide bonds. The zero-order chi connectivity index (χ0) is 29.6. The summed E-state index contributed by atoms with van der Waals surface area (Å²) in [4.78, 5) is 55.8. The van der Waals surface area contributed by atoms with Gasteiger partial charge in [-0.1, -0.05) is 67.1 Å². The Kier molecular flexibility index (Phi) is 8.83. The molecule has 0 saturated carbocycles. The first-order valence-corrected chi connectivity index (χ1v) is 14.0. The Balaban J connectivity index is 1.32. The number of carbonyl (C=O) groups is 4. The molecule has 2 unspecified atom stereocenters. The van der Waals surface area contributed by atoms with Crippen molar-refractivity contribution in [3.05, 3.63) is 95.6 Å². The molecular weight excluding hydrogens is 536 g/mol. The zero-order valence-corrected chi connectivity index (χ0v) is 23.6. The van der Waals surface area contributed by atoms with Gasteiger partial charge in [-0.15, -0.1) is 0 Å². The second-order valence-corrected chi connectivity index (χ2v) is 10.4. The lowest BCUT2D eigenvalue weighted by atomic mass is 9.91. The van der Waals surface area contributed by atoms with Gasteiger partial charge in [0.1, 0.15) is 17.8 Å². The number of aryl methyl sites for hydroxylation is 1. The van der Waals surface area contributed by atoms with Crippen molar-refractivity contribution in [1.82, 2.24) is 15.1 Å². The summed E-state index contributed by atoms with van der Waals surface area (Å²) in [5, 5.41) is 5.62. The average molecular weight is 571 g/mol. The first-order chi connectivity index (χ1) is 20.3. The number of anilines is 1. The predicted molar refractivity (Wildman–Crippen MR) is 156 cm³/mol. The molecule has 3 atom stereocenters. The van der Waals surface area contributed by atoms with E-state index in [0.717, 1.165) is 16.0 Å². The maximum absolute atomic E-state index is 13.7. The first kappa shape index (κ1) is 28.8. The van der Waals surface area contributed by atoms with Crippen LogP contribution in [0.4, 0.5) is 10.5 Å². The van der Waals surface area contributed by atoms with Crippen LogP contribution in [-0.2, 0) is 19.1 Å². The second-order valence-electron chi connectivity index (χ2n) is 10.4. The molecule has 2 aliphatic rings. The number of nitrogens with one attached hydrogen (secondary N) is 2. The molecule has 2 fully saturated rings. The number of hydrogen-bond donors (Lipinski definition) is 2. The van der Waals surface area contributed by atoms with E-state index in [2.05, 4.69) is 10.6 Å². The van der Waals surface area contributed by atoms with Crippen molar-refractivity contribution in [3.8, 4) is 5.75 Å². The van der Waals surface area contributed by atoms with Gasteiger partial charge < -0.3 is 25.0 Å². The maximum atomic E-state index is 13.7. The fourth-order valence-electron chi connectivity index (χ4n) is 5.15. The summed E-state index contributed by atoms with van der Waals surface area (Å²) < 4.78 is 10.9. The molecule has 5 rings (SSSR count). The van der Waals surface area contributed by atoms with E-state index >= 15 is 0 Å². The van der Waals surface area contributed by atoms with Gasteiger partial charge in [-0.2, -0.15) is 0 Å². The van der Waals surface area contributed by atoms with Crippen LogP contribution in [0.3, 0.4) is 0 Å². The van der Waals surface area contributed by atoms with E-state index in [4.69, 9.17) is 9.47 Å². The van der Waals surface area contributed by atoms with Crippen LogP contribution >= 0.6 is 0 Å². The van der Waals surface area contributed by atoms with Gasteiger partial charge in [0.05, 0.1) is 13.2 Å². The summed E-state index contributed by atoms with van der Waals surface area (Å²) in [7, 11) is 0. The number of rotatable bonds is 9. The van der Waals surface area contributed by atoms with Crippen molar-refractivity contribution >= 4 is 29.4 Å². The third-order valence-corrected chi connectivity index (χ3v) is 7.58. The molecule has 3 aromatic rings. The SMILES string of the molecule is Cc1ccc(NC(=O)C(C(C)c2ccccc2)N2C(=O)N[C@H](c3ccc(OCC(=O)N4CCOCC4)cc3)C2=O)cc1. The quantitative estimate of drug-likeness (QED) is 0.380. The second kappa shape index (κ2) is 12.9. The fourth-order valence-corrected chi connectivity index (χ4v) is 5.15. The highest BCUT2D eigenvalue weighted by Gasteiger charge is 2.47. The van der Waals surface area contributed by atoms with E-state index < -0.39 is 35.8 Å². The molecule has 10 nitrogen and oxygen atoms in total. The topological polar surface area (TPSA) is 117 Å². The lowest BCUT2D eigenvalue weighted by Crippen LogP contribution is -2.50. The molecular formula is C32H34N4O6. The number of nitrogens with zero attached hydrogens (tertiary/aromatic N) is 2. The molecule has 0 radical (unpaired) electrons. The van der Waals surface area contributed by atoms with Crippen LogP contribution in [0.2, 0.25) is 0 Å². The standard InChI is InChI=1S/C32H34N4O6/c1-21-8-12-25(13-9-21)33-30(38)29(22(2)23-6-4-3-5-7-23)36-31(39)28(34-32(36)40)24-10-14-26(15-11-24)42-20-27(37)35-16-18-41-19-17-35/h3-15,22,28-29H,16-20H2,1-2H3,(H,33,38)(H,34,40)/t22?,28-,29?/m1/s1. The summed E-state index contributed by atoms with van der Waals surface area (Å²) in [6, 6.07) is 20.6. The van der Waals surface area contributed by atoms with Gasteiger partial charge in [-0.05, 0) is 42.3 Å². The molecule has 3 aromatic carbocycles. The Bertz CT molecular complexity index is 1420. The Morgan fingerprint density at radius 2 is 1.64 bits per heavy atom. The fraction of sp³-hybridized carbons (Fsp3) is 0.312. The summed E-state index contributed by atoms with van der Waals surface area (Å²) in [6.45, 7) is 5.76. The van der Waals surface area contributed by atoms with Gasteiger partial charge in [0.25, 0.3) is 11.8 Å². The molecule has 0 aliphatic carbocycles. The van der Waals surface area contributed by atoms with Crippen LogP contribution in [0, 0.1) is 6.92 Å². The number of morpholine rings is 1. The summed E-state index contributed by atoms with van der Waals surface area (Å²) in [6.07, 6.45) is 0. The van der Waals surface area contributed by atoms with Gasteiger partial charge in [-0.25, -0.2) is 9.69 Å². The first-order valence-electron chi connectivity index (χ1n) is 14.0. The Labute approximate surface area is 244 Å². The minimum atomic E-state index is -1.10. The monoisotopic (exact) mass is 570 g/mol. The highest BCUT2D eigenvalue weighted by atomic mass is 16.5. The number of amides is 5. The third kappa shape index (κ3) is 6.44. The van der Waals surface area contributed by atoms with Crippen LogP contribution in [0.25, 0.3) is 0 Å². The molecule has 0 bridgehead atoms. The highest BCUT2D eigenvalue weighted by Crippen LogP contribution is 2.31. The number of ether oxygens (including phenoxy) is 2. The molecule has 2 aliphatic heterocycles. The smallest absolute Gasteiger partial charge is 0.325 e. The highest BCUT2D eigenvalue weighted by molar-refractivity contribution is 6.10. The maximum Gasteiger partial charge on any atom is 0.325 e. The normalized spacial score (nSPS) is 18.3. The summed E-state index contributed by atoms with van der Waals surface area (Å²) >= 11 is 0. The van der Waals surface area contributed by atoms with Crippen molar-refractivity contribution in [2.45, 2.75) is 31.8 Å². The van der Waals surface area contributed by atoms with Gasteiger partial charge in [0.15, 0.2) is 6.61 Å². The van der Waals surface area contributed by atoms with E-state index in [9.17, 15) is 19.2 Å². The van der Waals surface area contributed by atoms with Crippen LogP contribution in [0.1, 0.15) is 35.6 Å². The van der Waals surface area contributed by atoms with Crippen molar-refractivity contribution in [2.75, 3.05) is 38.2 Å². The molecule has 0 spiro atoms. The molecule has 0 aromatic heterocycles. The number of carbonyl (C=O) groups excluding carboxylic acids is 4. The van der Waals surface area contributed by atoms with Crippen molar-refractivity contribution in [2.24, 2.45) is 0 Å². The van der Waals surface area contributed by atoms with Crippen LogP contribution in [0.15, 0.2) is 78.9 Å². The van der Waals surface area contributed by atoms with Gasteiger partial charge in [0, 0.05) is 24.7 Å². The van der Waals surface area contributed by atoms with Crippen LogP contribution in [0.5, 0.6) is 5.75 Å². The molecule has 2 N–H and O–H groups in total. The van der Waals surface area contributed by atoms with E-state index in [1.165, 1.54) is 0 Å². The lowest BCUT2D eigenvalue weighted by molar-refractivity contribution is -0.137. The molecule has 218 valence electrons. The summed E-state index contributed by atoms with van der Waals surface area (Å²) in [5.41, 5.74) is 2.97. The number of urea groups is 1. The number of benzene rings is 3. The van der Waals surface area contributed by atoms with Crippen LogP contribution < -0.4 is 15.4 Å². The molecule has 2 saturated heterocycles. The summed E-state index contributed by atoms with van der Waals surface area (Å²) in [5.74, 6) is -1.14. The Morgan fingerprint density at radius 3 is 2.31 bits per heavy atom. The molecule has 2 heterocycles. The molecule has 42 heavy (non-hydrogen) atoms. The van der Waals surface area contributed by atoms with Gasteiger partial charge >= 0.3 is 6.03 Å². The van der Waals surface area contributed by atoms with Crippen molar-refractivity contribution < 1.29 is 28.7 Å². The van der Waals surface area contributed by atoms with Crippen molar-refractivity contribution in [3.63, 3.8) is 0 Å². The zero-order valence-electron chi connectivity index (χ0n) is 23.6. The molecule has 10 heteroatoms. The van der Waals surface area contributed by atoms with Crippen molar-refractivity contribution in [1.29, 1.82) is 0 Å². The minimum absolute atomic E-state index is 0.110. The van der Waals surface area contributed by atoms with E-state index in [-0.39, 0.29) is 12.5 Å². The van der Waals surface area contributed by atoms with E-state index in [0.29, 0.717) is 43.3 Å². The number of imide groups is 1. The predicted octanol–water partition coefficient (Wildman–Crippen LogP) is 3.64. The van der Waals surface area contributed by atoms with Gasteiger partial charge in [0.2, 0.25) is 5.91 Å². The Morgan fingerprint density at radius 1 is 0.976 bits per heavy atom. The third-order valence-electron chi connectivity index (χ3n) is 7.58. The average Bonchev–Trinajstić information content (AvgIpc) is 3.31. The van der Waals surface area contributed by atoms with Gasteiger partial charge in [-0.3, -0.25) is 14.4 Å². The van der Waals surface area contributed by atoms with E-state index in [1.54, 1.807) is 41.3 Å². The van der Waals surface area contributed by atoms with Crippen LogP contribution in [-0.4, -0.2) is 72.5 Å². The minimum Gasteiger partial charge on any atom is -0.484 e. The lowest BCUT2D eigenvalue weighted by Gasteiger charge is -2.30.